The van der Waals surface area contributed by atoms with Gasteiger partial charge in [0, 0.05) is 24.0 Å². The van der Waals surface area contributed by atoms with Gasteiger partial charge in [-0.2, -0.15) is 0 Å². The predicted octanol–water partition coefficient (Wildman–Crippen LogP) is 3.68. The fraction of sp³-hybridized carbons (Fsp3) is 0.143. The predicted molar refractivity (Wildman–Crippen MR) is 102 cm³/mol. The number of nitrogens with zero attached hydrogens (tertiary/aromatic N) is 1. The van der Waals surface area contributed by atoms with E-state index in [1.54, 1.807) is 18.3 Å². The molecule has 3 aromatic rings. The summed E-state index contributed by atoms with van der Waals surface area (Å²) in [5.74, 6) is 0.357. The molecule has 5 nitrogen and oxygen atoms in total. The minimum absolute atomic E-state index is 0.428. The average Bonchev–Trinajstić information content (AvgIpc) is 2.67. The summed E-state index contributed by atoms with van der Waals surface area (Å²) in [4.78, 5) is 15.6. The van der Waals surface area contributed by atoms with Crippen LogP contribution in [0.4, 0.5) is 5.69 Å². The highest BCUT2D eigenvalue weighted by molar-refractivity contribution is 5.94. The Labute approximate surface area is 152 Å². The Balaban J connectivity index is 1.64. The van der Waals surface area contributed by atoms with E-state index in [2.05, 4.69) is 10.3 Å². The SMILES string of the molecule is Cc1ccc(C(N)=O)cc1NCc1cccc(OCc2ccccn2)c1. The molecule has 3 N–H and O–H groups in total. The third-order valence-electron chi connectivity index (χ3n) is 4.02. The van der Waals surface area contributed by atoms with Crippen LogP contribution in [-0.2, 0) is 13.2 Å². The minimum atomic E-state index is -0.432. The van der Waals surface area contributed by atoms with Crippen molar-refractivity contribution in [1.29, 1.82) is 0 Å². The summed E-state index contributed by atoms with van der Waals surface area (Å²) in [5, 5.41) is 3.35. The zero-order valence-corrected chi connectivity index (χ0v) is 14.6. The topological polar surface area (TPSA) is 77.2 Å². The maximum atomic E-state index is 11.3. The van der Waals surface area contributed by atoms with Crippen molar-refractivity contribution in [2.24, 2.45) is 5.73 Å². The first-order valence-electron chi connectivity index (χ1n) is 8.38. The number of nitrogens with one attached hydrogen (secondary N) is 1. The summed E-state index contributed by atoms with van der Waals surface area (Å²) in [6.45, 7) is 3.03. The smallest absolute Gasteiger partial charge is 0.248 e. The summed E-state index contributed by atoms with van der Waals surface area (Å²) in [7, 11) is 0. The number of hydrogen-bond donors (Lipinski definition) is 2. The second kappa shape index (κ2) is 8.16. The molecule has 0 saturated heterocycles. The summed E-state index contributed by atoms with van der Waals surface area (Å²) >= 11 is 0. The lowest BCUT2D eigenvalue weighted by atomic mass is 10.1. The van der Waals surface area contributed by atoms with Crippen LogP contribution in [0, 0.1) is 6.92 Å². The Bertz CT molecular complexity index is 895. The molecule has 0 fully saturated rings. The number of ether oxygens (including phenoxy) is 1. The van der Waals surface area contributed by atoms with Crippen LogP contribution < -0.4 is 15.8 Å². The van der Waals surface area contributed by atoms with Crippen LogP contribution in [0.1, 0.15) is 27.2 Å². The van der Waals surface area contributed by atoms with Crippen molar-refractivity contribution < 1.29 is 9.53 Å². The molecule has 1 heterocycles. The van der Waals surface area contributed by atoms with Gasteiger partial charge in [-0.05, 0) is 54.4 Å². The number of benzene rings is 2. The van der Waals surface area contributed by atoms with Crippen molar-refractivity contribution in [3.8, 4) is 5.75 Å². The first kappa shape index (κ1) is 17.5. The van der Waals surface area contributed by atoms with Gasteiger partial charge in [0.15, 0.2) is 0 Å². The van der Waals surface area contributed by atoms with E-state index >= 15 is 0 Å². The quantitative estimate of drug-likeness (QED) is 0.683. The van der Waals surface area contributed by atoms with E-state index in [0.717, 1.165) is 28.3 Å². The molecule has 5 heteroatoms. The van der Waals surface area contributed by atoms with Crippen molar-refractivity contribution in [3.05, 3.63) is 89.2 Å². The van der Waals surface area contributed by atoms with Gasteiger partial charge in [0.2, 0.25) is 5.91 Å². The molecule has 1 aromatic heterocycles. The van der Waals surface area contributed by atoms with E-state index in [1.807, 2.05) is 55.5 Å². The normalized spacial score (nSPS) is 10.3. The van der Waals surface area contributed by atoms with Gasteiger partial charge >= 0.3 is 0 Å². The van der Waals surface area contributed by atoms with E-state index in [-0.39, 0.29) is 0 Å². The van der Waals surface area contributed by atoms with Gasteiger partial charge in [-0.15, -0.1) is 0 Å². The van der Waals surface area contributed by atoms with E-state index in [4.69, 9.17) is 10.5 Å². The maximum absolute atomic E-state index is 11.3. The molecule has 0 aliphatic heterocycles. The number of primary amides is 1. The van der Waals surface area contributed by atoms with Crippen LogP contribution >= 0.6 is 0 Å². The molecule has 0 radical (unpaired) electrons. The van der Waals surface area contributed by atoms with Crippen molar-refractivity contribution >= 4 is 11.6 Å². The Kier molecular flexibility index (Phi) is 5.49. The molecular formula is C21H21N3O2. The first-order valence-corrected chi connectivity index (χ1v) is 8.38. The molecule has 1 amide bonds. The molecule has 0 spiro atoms. The average molecular weight is 347 g/mol. The first-order chi connectivity index (χ1) is 12.6. The lowest BCUT2D eigenvalue weighted by molar-refractivity contribution is 0.100. The van der Waals surface area contributed by atoms with E-state index in [0.29, 0.717) is 18.7 Å². The molecular weight excluding hydrogens is 326 g/mol. The molecule has 0 bridgehead atoms. The Morgan fingerprint density at radius 2 is 2.00 bits per heavy atom. The van der Waals surface area contributed by atoms with E-state index in [9.17, 15) is 4.79 Å². The number of aromatic nitrogens is 1. The lowest BCUT2D eigenvalue weighted by Crippen LogP contribution is -2.12. The number of pyridine rings is 1. The number of carbonyl (C=O) groups is 1. The van der Waals surface area contributed by atoms with Gasteiger partial charge in [0.05, 0.1) is 5.69 Å². The highest BCUT2D eigenvalue weighted by atomic mass is 16.5. The van der Waals surface area contributed by atoms with Gasteiger partial charge in [-0.3, -0.25) is 9.78 Å². The van der Waals surface area contributed by atoms with E-state index in [1.165, 1.54) is 0 Å². The summed E-state index contributed by atoms with van der Waals surface area (Å²) in [6.07, 6.45) is 1.75. The second-order valence-corrected chi connectivity index (χ2v) is 6.00. The van der Waals surface area contributed by atoms with Crippen molar-refractivity contribution in [1.82, 2.24) is 4.98 Å². The monoisotopic (exact) mass is 347 g/mol. The van der Waals surface area contributed by atoms with Gasteiger partial charge in [-0.25, -0.2) is 0 Å². The number of carbonyl (C=O) groups excluding carboxylic acids is 1. The zero-order chi connectivity index (χ0) is 18.4. The number of amides is 1. The molecule has 0 aliphatic rings. The summed E-state index contributed by atoms with van der Waals surface area (Å²) in [6, 6.07) is 19.0. The van der Waals surface area contributed by atoms with Crippen LogP contribution in [0.15, 0.2) is 66.9 Å². The van der Waals surface area contributed by atoms with Crippen molar-refractivity contribution in [3.63, 3.8) is 0 Å². The maximum Gasteiger partial charge on any atom is 0.248 e. The van der Waals surface area contributed by atoms with Crippen LogP contribution in [0.5, 0.6) is 5.75 Å². The molecule has 132 valence electrons. The molecule has 2 aromatic carbocycles. The molecule has 26 heavy (non-hydrogen) atoms. The summed E-state index contributed by atoms with van der Waals surface area (Å²) < 4.78 is 5.81. The largest absolute Gasteiger partial charge is 0.487 e. The number of rotatable bonds is 7. The molecule has 0 aliphatic carbocycles. The van der Waals surface area contributed by atoms with E-state index < -0.39 is 5.91 Å². The fourth-order valence-corrected chi connectivity index (χ4v) is 2.55. The van der Waals surface area contributed by atoms with Crippen LogP contribution in [-0.4, -0.2) is 10.9 Å². The number of aryl methyl sites for hydroxylation is 1. The van der Waals surface area contributed by atoms with Crippen LogP contribution in [0.3, 0.4) is 0 Å². The van der Waals surface area contributed by atoms with Gasteiger partial charge in [-0.1, -0.05) is 24.3 Å². The Hall–Kier alpha value is -3.34. The number of anilines is 1. The minimum Gasteiger partial charge on any atom is -0.487 e. The Morgan fingerprint density at radius 3 is 2.77 bits per heavy atom. The second-order valence-electron chi connectivity index (χ2n) is 6.00. The molecule has 0 saturated carbocycles. The molecule has 3 rings (SSSR count). The number of nitrogens with two attached hydrogens (primary N) is 1. The third kappa shape index (κ3) is 4.60. The highest BCUT2D eigenvalue weighted by Gasteiger charge is 2.05. The van der Waals surface area contributed by atoms with Gasteiger partial charge in [0.1, 0.15) is 12.4 Å². The Morgan fingerprint density at radius 1 is 1.12 bits per heavy atom. The highest BCUT2D eigenvalue weighted by Crippen LogP contribution is 2.20. The van der Waals surface area contributed by atoms with Gasteiger partial charge in [0.25, 0.3) is 0 Å². The van der Waals surface area contributed by atoms with Crippen LogP contribution in [0.2, 0.25) is 0 Å². The standard InChI is InChI=1S/C21H21N3O2/c1-15-8-9-17(21(22)25)12-20(15)24-13-16-5-4-7-19(11-16)26-14-18-6-2-3-10-23-18/h2-12,24H,13-14H2,1H3,(H2,22,25). The van der Waals surface area contributed by atoms with Gasteiger partial charge < -0.3 is 15.8 Å². The van der Waals surface area contributed by atoms with Crippen molar-refractivity contribution in [2.45, 2.75) is 20.1 Å². The number of hydrogen-bond acceptors (Lipinski definition) is 4. The molecule has 0 atom stereocenters. The fourth-order valence-electron chi connectivity index (χ4n) is 2.55. The molecule has 0 unspecified atom stereocenters. The van der Waals surface area contributed by atoms with Crippen molar-refractivity contribution in [2.75, 3.05) is 5.32 Å². The lowest BCUT2D eigenvalue weighted by Gasteiger charge is -2.12. The summed E-state index contributed by atoms with van der Waals surface area (Å²) in [5.41, 5.74) is 9.75. The third-order valence-corrected chi connectivity index (χ3v) is 4.02. The van der Waals surface area contributed by atoms with Crippen LogP contribution in [0.25, 0.3) is 0 Å². The zero-order valence-electron chi connectivity index (χ0n) is 14.6.